The molecule has 5 rings (SSSR count). The van der Waals surface area contributed by atoms with Crippen LogP contribution in [0.5, 0.6) is 0 Å². The normalized spacial score (nSPS) is 47.8. The minimum Gasteiger partial charge on any atom is -0.355 e. The van der Waals surface area contributed by atoms with E-state index in [2.05, 4.69) is 21.2 Å². The Balaban J connectivity index is 1.39. The molecule has 0 saturated heterocycles. The highest BCUT2D eigenvalue weighted by Gasteiger charge is 2.54. The Morgan fingerprint density at radius 3 is 2.14 bits per heavy atom. The van der Waals surface area contributed by atoms with Crippen LogP contribution in [0.1, 0.15) is 57.8 Å². The van der Waals surface area contributed by atoms with Gasteiger partial charge in [-0.15, -0.1) is 0 Å². The largest absolute Gasteiger partial charge is 0.355 e. The van der Waals surface area contributed by atoms with E-state index in [1.807, 2.05) is 0 Å². The maximum absolute atomic E-state index is 12.9. The van der Waals surface area contributed by atoms with Crippen LogP contribution in [-0.2, 0) is 4.79 Å². The number of amides is 1. The Morgan fingerprint density at radius 1 is 1.00 bits per heavy atom. The van der Waals surface area contributed by atoms with Crippen LogP contribution in [0.15, 0.2) is 0 Å². The van der Waals surface area contributed by atoms with E-state index in [-0.39, 0.29) is 5.41 Å². The standard InChI is InChI=1S/C18H28BrNO/c19-10-15-2-1-3-16(15)11-20-17(21)18-7-12-4-13(8-18)6-14(5-12)9-18/h12-16H,1-11H2,(H,20,21). The number of rotatable bonds is 4. The zero-order chi connectivity index (χ0) is 14.4. The molecule has 5 saturated carbocycles. The lowest BCUT2D eigenvalue weighted by molar-refractivity contribution is -0.146. The fourth-order valence-corrected chi connectivity index (χ4v) is 7.24. The molecule has 0 aliphatic heterocycles. The van der Waals surface area contributed by atoms with E-state index in [4.69, 9.17) is 0 Å². The number of carbonyl (C=O) groups is 1. The highest BCUT2D eigenvalue weighted by Crippen LogP contribution is 2.60. The minimum atomic E-state index is 0.0389. The Morgan fingerprint density at radius 2 is 1.57 bits per heavy atom. The summed E-state index contributed by atoms with van der Waals surface area (Å²) in [6, 6.07) is 0. The van der Waals surface area contributed by atoms with Crippen molar-refractivity contribution in [2.75, 3.05) is 11.9 Å². The van der Waals surface area contributed by atoms with E-state index < -0.39 is 0 Å². The van der Waals surface area contributed by atoms with Gasteiger partial charge in [-0.3, -0.25) is 4.79 Å². The summed E-state index contributed by atoms with van der Waals surface area (Å²) < 4.78 is 0. The third kappa shape index (κ3) is 2.58. The second kappa shape index (κ2) is 5.54. The Kier molecular flexibility index (Phi) is 3.84. The molecule has 0 aromatic heterocycles. The van der Waals surface area contributed by atoms with Gasteiger partial charge < -0.3 is 5.32 Å². The van der Waals surface area contributed by atoms with Crippen molar-refractivity contribution < 1.29 is 4.79 Å². The molecule has 2 atom stereocenters. The second-order valence-electron chi connectivity index (χ2n) is 8.51. The van der Waals surface area contributed by atoms with Gasteiger partial charge in [-0.25, -0.2) is 0 Å². The predicted octanol–water partition coefficient (Wildman–Crippen LogP) is 4.13. The second-order valence-corrected chi connectivity index (χ2v) is 9.16. The molecule has 2 nitrogen and oxygen atoms in total. The minimum absolute atomic E-state index is 0.0389. The number of halogens is 1. The van der Waals surface area contributed by atoms with E-state index in [0.29, 0.717) is 11.8 Å². The van der Waals surface area contributed by atoms with Crippen molar-refractivity contribution in [2.45, 2.75) is 57.8 Å². The van der Waals surface area contributed by atoms with Crippen molar-refractivity contribution in [3.8, 4) is 0 Å². The molecule has 3 heteroatoms. The van der Waals surface area contributed by atoms with Gasteiger partial charge in [-0.1, -0.05) is 22.4 Å². The fourth-order valence-electron chi connectivity index (χ4n) is 6.39. The SMILES string of the molecule is O=C(NCC1CCCC1CBr)C12CC3CC(CC(C3)C1)C2. The zero-order valence-corrected chi connectivity index (χ0v) is 14.5. The molecule has 4 bridgehead atoms. The van der Waals surface area contributed by atoms with Gasteiger partial charge in [0, 0.05) is 17.3 Å². The first kappa shape index (κ1) is 14.5. The van der Waals surface area contributed by atoms with E-state index in [9.17, 15) is 4.79 Å². The molecule has 1 N–H and O–H groups in total. The van der Waals surface area contributed by atoms with Crippen molar-refractivity contribution in [1.29, 1.82) is 0 Å². The average Bonchev–Trinajstić information content (AvgIpc) is 2.90. The lowest BCUT2D eigenvalue weighted by atomic mass is 9.49. The molecule has 0 spiro atoms. The van der Waals surface area contributed by atoms with Crippen LogP contribution in [0, 0.1) is 35.0 Å². The third-order valence-corrected chi connectivity index (χ3v) is 7.89. The van der Waals surface area contributed by atoms with Crippen LogP contribution < -0.4 is 5.32 Å². The van der Waals surface area contributed by atoms with E-state index >= 15 is 0 Å². The van der Waals surface area contributed by atoms with E-state index in [1.54, 1.807) is 0 Å². The Hall–Kier alpha value is -0.0500. The average molecular weight is 354 g/mol. The number of carbonyl (C=O) groups excluding carboxylic acids is 1. The fraction of sp³-hybridized carbons (Fsp3) is 0.944. The lowest BCUT2D eigenvalue weighted by Crippen LogP contribution is -2.54. The molecule has 118 valence electrons. The molecule has 0 heterocycles. The summed E-state index contributed by atoms with van der Waals surface area (Å²) in [7, 11) is 0. The summed E-state index contributed by atoms with van der Waals surface area (Å²) in [4.78, 5) is 12.9. The quantitative estimate of drug-likeness (QED) is 0.756. The molecular weight excluding hydrogens is 326 g/mol. The van der Waals surface area contributed by atoms with E-state index in [1.165, 1.54) is 57.8 Å². The van der Waals surface area contributed by atoms with Gasteiger partial charge in [0.2, 0.25) is 5.91 Å². The van der Waals surface area contributed by atoms with Crippen molar-refractivity contribution >= 4 is 21.8 Å². The van der Waals surface area contributed by atoms with Crippen LogP contribution in [0.4, 0.5) is 0 Å². The van der Waals surface area contributed by atoms with Crippen molar-refractivity contribution in [1.82, 2.24) is 5.32 Å². The summed E-state index contributed by atoms with van der Waals surface area (Å²) in [5.74, 6) is 4.50. The molecule has 0 aromatic carbocycles. The maximum atomic E-state index is 12.9. The Labute approximate surface area is 136 Å². The molecule has 5 aliphatic carbocycles. The summed E-state index contributed by atoms with van der Waals surface area (Å²) in [6.45, 7) is 0.927. The van der Waals surface area contributed by atoms with Gasteiger partial charge in [-0.2, -0.15) is 0 Å². The van der Waals surface area contributed by atoms with Gasteiger partial charge in [-0.05, 0) is 81.0 Å². The number of nitrogens with one attached hydrogen (secondary N) is 1. The van der Waals surface area contributed by atoms with Gasteiger partial charge in [0.15, 0.2) is 0 Å². The molecule has 0 radical (unpaired) electrons. The van der Waals surface area contributed by atoms with Crippen LogP contribution >= 0.6 is 15.9 Å². The predicted molar refractivity (Wildman–Crippen MR) is 88.2 cm³/mol. The zero-order valence-electron chi connectivity index (χ0n) is 13.0. The van der Waals surface area contributed by atoms with Crippen LogP contribution in [0.3, 0.4) is 0 Å². The number of hydrogen-bond donors (Lipinski definition) is 1. The van der Waals surface area contributed by atoms with Gasteiger partial charge in [0.1, 0.15) is 0 Å². The summed E-state index contributed by atoms with van der Waals surface area (Å²) in [5.41, 5.74) is 0.0389. The van der Waals surface area contributed by atoms with Crippen LogP contribution in [-0.4, -0.2) is 17.8 Å². The van der Waals surface area contributed by atoms with Gasteiger partial charge in [0.25, 0.3) is 0 Å². The van der Waals surface area contributed by atoms with E-state index in [0.717, 1.165) is 35.5 Å². The molecule has 1 amide bonds. The van der Waals surface area contributed by atoms with Crippen LogP contribution in [0.25, 0.3) is 0 Å². The molecular formula is C18H28BrNO. The highest BCUT2D eigenvalue weighted by molar-refractivity contribution is 9.09. The summed E-state index contributed by atoms with van der Waals surface area (Å²) in [6.07, 6.45) is 11.8. The molecule has 0 aromatic rings. The van der Waals surface area contributed by atoms with Gasteiger partial charge in [0.05, 0.1) is 0 Å². The lowest BCUT2D eigenvalue weighted by Gasteiger charge is -2.55. The highest BCUT2D eigenvalue weighted by atomic mass is 79.9. The smallest absolute Gasteiger partial charge is 0.226 e. The topological polar surface area (TPSA) is 29.1 Å². The third-order valence-electron chi connectivity index (χ3n) is 7.06. The first-order valence-electron chi connectivity index (χ1n) is 9.03. The Bertz CT molecular complexity index is 386. The molecule has 5 aliphatic rings. The monoisotopic (exact) mass is 353 g/mol. The van der Waals surface area contributed by atoms with Crippen LogP contribution in [0.2, 0.25) is 0 Å². The van der Waals surface area contributed by atoms with Crippen molar-refractivity contribution in [2.24, 2.45) is 35.0 Å². The maximum Gasteiger partial charge on any atom is 0.226 e. The number of alkyl halides is 1. The summed E-state index contributed by atoms with van der Waals surface area (Å²) >= 11 is 3.64. The molecule has 2 unspecified atom stereocenters. The van der Waals surface area contributed by atoms with Crippen molar-refractivity contribution in [3.63, 3.8) is 0 Å². The first-order chi connectivity index (χ1) is 10.2. The summed E-state index contributed by atoms with van der Waals surface area (Å²) in [5, 5.41) is 4.49. The molecule has 5 fully saturated rings. The van der Waals surface area contributed by atoms with Crippen molar-refractivity contribution in [3.05, 3.63) is 0 Å². The van der Waals surface area contributed by atoms with Gasteiger partial charge >= 0.3 is 0 Å². The molecule has 21 heavy (non-hydrogen) atoms. The number of hydrogen-bond acceptors (Lipinski definition) is 1. The first-order valence-corrected chi connectivity index (χ1v) is 10.1.